The third kappa shape index (κ3) is 4.47. The molecule has 0 unspecified atom stereocenters. The molecule has 11 heteroatoms. The zero-order valence-corrected chi connectivity index (χ0v) is 18.5. The van der Waals surface area contributed by atoms with Crippen molar-refractivity contribution < 1.29 is 18.7 Å². The summed E-state index contributed by atoms with van der Waals surface area (Å²) in [6.07, 6.45) is 0. The van der Waals surface area contributed by atoms with Gasteiger partial charge in [0.25, 0.3) is 0 Å². The van der Waals surface area contributed by atoms with E-state index in [1.807, 2.05) is 18.4 Å². The molecule has 0 saturated heterocycles. The number of furan rings is 1. The van der Waals surface area contributed by atoms with Crippen molar-refractivity contribution in [3.05, 3.63) is 33.3 Å². The van der Waals surface area contributed by atoms with E-state index in [-0.39, 0.29) is 11.7 Å². The first-order valence-corrected chi connectivity index (χ1v) is 10.8. The van der Waals surface area contributed by atoms with Crippen LogP contribution in [0, 0.1) is 6.92 Å². The van der Waals surface area contributed by atoms with Crippen LogP contribution in [-0.4, -0.2) is 39.5 Å². The molecule has 3 rings (SSSR count). The number of hydrogen-bond donors (Lipinski definition) is 1. The first-order valence-electron chi connectivity index (χ1n) is 8.23. The van der Waals surface area contributed by atoms with Crippen LogP contribution in [0.25, 0.3) is 11.6 Å². The van der Waals surface area contributed by atoms with Crippen LogP contribution in [-0.2, 0) is 16.1 Å². The first-order chi connectivity index (χ1) is 13.4. The lowest BCUT2D eigenvalue weighted by Gasteiger charge is -2.07. The number of carbonyl (C=O) groups is 2. The summed E-state index contributed by atoms with van der Waals surface area (Å²) in [6.45, 7) is 4.45. The fourth-order valence-corrected chi connectivity index (χ4v) is 4.48. The second-order valence-electron chi connectivity index (χ2n) is 5.58. The van der Waals surface area contributed by atoms with Crippen molar-refractivity contribution >= 4 is 55.9 Å². The molecule has 0 aliphatic heterocycles. The minimum atomic E-state index is -0.479. The molecule has 0 aliphatic rings. The number of thioether (sulfide) groups is 1. The molecule has 0 spiro atoms. The lowest BCUT2D eigenvalue weighted by atomic mass is 10.3. The zero-order valence-electron chi connectivity index (χ0n) is 15.3. The van der Waals surface area contributed by atoms with Gasteiger partial charge in [-0.1, -0.05) is 11.8 Å². The average Bonchev–Trinajstić information content (AvgIpc) is 3.37. The normalized spacial score (nSPS) is 10.9. The number of rotatable bonds is 7. The molecule has 148 valence electrons. The number of carbonyl (C=O) groups excluding carboxylic acids is 2. The number of hydrogen-bond acceptors (Lipinski definition) is 8. The topological polar surface area (TPSA) is 99.2 Å². The lowest BCUT2D eigenvalue weighted by molar-refractivity contribution is -0.113. The predicted molar refractivity (Wildman–Crippen MR) is 111 cm³/mol. The van der Waals surface area contributed by atoms with Gasteiger partial charge in [0.05, 0.1) is 18.4 Å². The molecule has 0 saturated carbocycles. The monoisotopic (exact) mass is 484 g/mol. The smallest absolute Gasteiger partial charge is 0.340 e. The maximum absolute atomic E-state index is 12.4. The lowest BCUT2D eigenvalue weighted by Crippen LogP contribution is -2.16. The van der Waals surface area contributed by atoms with Crippen LogP contribution in [0.2, 0.25) is 0 Å². The van der Waals surface area contributed by atoms with Crippen molar-refractivity contribution in [1.29, 1.82) is 0 Å². The number of methoxy groups -OCH3 is 1. The second-order valence-corrected chi connectivity index (χ2v) is 8.56. The van der Waals surface area contributed by atoms with Crippen molar-refractivity contribution in [1.82, 2.24) is 14.8 Å². The molecule has 0 aliphatic carbocycles. The highest BCUT2D eigenvalue weighted by molar-refractivity contribution is 9.10. The van der Waals surface area contributed by atoms with E-state index in [2.05, 4.69) is 31.4 Å². The summed E-state index contributed by atoms with van der Waals surface area (Å²) in [5.74, 6) is 0.585. The molecular formula is C17H17BrN4O4S2. The minimum Gasteiger partial charge on any atom is -0.465 e. The maximum Gasteiger partial charge on any atom is 0.340 e. The van der Waals surface area contributed by atoms with Gasteiger partial charge in [-0.05, 0) is 48.0 Å². The third-order valence-corrected chi connectivity index (χ3v) is 6.03. The van der Waals surface area contributed by atoms with Gasteiger partial charge in [-0.25, -0.2) is 4.79 Å². The number of aromatic nitrogens is 3. The largest absolute Gasteiger partial charge is 0.465 e. The van der Waals surface area contributed by atoms with E-state index in [9.17, 15) is 9.59 Å². The van der Waals surface area contributed by atoms with Gasteiger partial charge in [0, 0.05) is 11.4 Å². The molecule has 0 atom stereocenters. The van der Waals surface area contributed by atoms with Crippen molar-refractivity contribution in [2.45, 2.75) is 25.5 Å². The molecule has 0 fully saturated rings. The fraction of sp³-hybridized carbons (Fsp3) is 0.294. The Balaban J connectivity index is 1.69. The number of anilines is 1. The number of nitrogens with zero attached hydrogens (tertiary/aromatic N) is 3. The predicted octanol–water partition coefficient (Wildman–Crippen LogP) is 4.21. The Bertz CT molecular complexity index is 1010. The number of amides is 1. The molecule has 0 radical (unpaired) electrons. The van der Waals surface area contributed by atoms with Crippen molar-refractivity contribution in [3.8, 4) is 11.6 Å². The highest BCUT2D eigenvalue weighted by atomic mass is 79.9. The van der Waals surface area contributed by atoms with Crippen LogP contribution in [0.15, 0.2) is 32.4 Å². The summed E-state index contributed by atoms with van der Waals surface area (Å²) in [5.41, 5.74) is 0.353. The molecular weight excluding hydrogens is 468 g/mol. The van der Waals surface area contributed by atoms with Gasteiger partial charge in [0.2, 0.25) is 11.7 Å². The number of halogens is 1. The number of aryl methyl sites for hydroxylation is 1. The Hall–Kier alpha value is -2.11. The molecule has 3 aromatic rings. The number of ether oxygens (including phenoxy) is 1. The Morgan fingerprint density at radius 1 is 1.39 bits per heavy atom. The van der Waals surface area contributed by atoms with Crippen molar-refractivity contribution in [3.63, 3.8) is 0 Å². The summed E-state index contributed by atoms with van der Waals surface area (Å²) < 4.78 is 12.8. The van der Waals surface area contributed by atoms with Crippen molar-refractivity contribution in [2.75, 3.05) is 18.2 Å². The molecule has 3 aromatic heterocycles. The second kappa shape index (κ2) is 8.93. The quantitative estimate of drug-likeness (QED) is 0.395. The van der Waals surface area contributed by atoms with Gasteiger partial charge in [0.1, 0.15) is 5.00 Å². The molecule has 1 N–H and O–H groups in total. The van der Waals surface area contributed by atoms with Crippen LogP contribution < -0.4 is 5.32 Å². The first kappa shape index (κ1) is 20.6. The zero-order chi connectivity index (χ0) is 20.3. The van der Waals surface area contributed by atoms with E-state index in [0.717, 1.165) is 4.88 Å². The SMILES string of the molecule is CCn1c(SCC(=O)Nc2sc(C)cc2C(=O)OC)nnc1-c1ccc(Br)o1. The van der Waals surface area contributed by atoms with Crippen LogP contribution in [0.1, 0.15) is 22.2 Å². The van der Waals surface area contributed by atoms with Gasteiger partial charge in [-0.15, -0.1) is 21.5 Å². The summed E-state index contributed by atoms with van der Waals surface area (Å²) in [7, 11) is 1.31. The van der Waals surface area contributed by atoms with Gasteiger partial charge in [-0.3, -0.25) is 9.36 Å². The highest BCUT2D eigenvalue weighted by Gasteiger charge is 2.19. The van der Waals surface area contributed by atoms with Gasteiger partial charge in [0.15, 0.2) is 15.6 Å². The molecule has 28 heavy (non-hydrogen) atoms. The van der Waals surface area contributed by atoms with Crippen LogP contribution >= 0.6 is 39.0 Å². The van der Waals surface area contributed by atoms with Gasteiger partial charge in [-0.2, -0.15) is 0 Å². The van der Waals surface area contributed by atoms with Crippen LogP contribution in [0.5, 0.6) is 0 Å². The maximum atomic E-state index is 12.4. The summed E-state index contributed by atoms with van der Waals surface area (Å²) in [6, 6.07) is 5.28. The van der Waals surface area contributed by atoms with Crippen molar-refractivity contribution in [2.24, 2.45) is 0 Å². The number of esters is 1. The summed E-state index contributed by atoms with van der Waals surface area (Å²) >= 11 is 5.86. The Morgan fingerprint density at radius 2 is 2.18 bits per heavy atom. The fourth-order valence-electron chi connectivity index (χ4n) is 2.46. The number of thiophene rings is 1. The van der Waals surface area contributed by atoms with E-state index in [4.69, 9.17) is 9.15 Å². The average molecular weight is 485 g/mol. The van der Waals surface area contributed by atoms with Crippen LogP contribution in [0.4, 0.5) is 5.00 Å². The molecule has 3 heterocycles. The molecule has 0 bridgehead atoms. The Labute approximate surface area is 177 Å². The van der Waals surface area contributed by atoms with Gasteiger partial charge < -0.3 is 14.5 Å². The Kier molecular flexibility index (Phi) is 6.57. The third-order valence-electron chi connectivity index (χ3n) is 3.67. The van der Waals surface area contributed by atoms with E-state index in [1.165, 1.54) is 30.2 Å². The molecule has 0 aromatic carbocycles. The van der Waals surface area contributed by atoms with Crippen LogP contribution in [0.3, 0.4) is 0 Å². The highest BCUT2D eigenvalue weighted by Crippen LogP contribution is 2.30. The van der Waals surface area contributed by atoms with E-state index in [1.54, 1.807) is 18.2 Å². The summed E-state index contributed by atoms with van der Waals surface area (Å²) in [5, 5.41) is 12.2. The summed E-state index contributed by atoms with van der Waals surface area (Å²) in [4.78, 5) is 25.1. The number of nitrogens with one attached hydrogen (secondary N) is 1. The molecule has 8 nitrogen and oxygen atoms in total. The van der Waals surface area contributed by atoms with E-state index in [0.29, 0.717) is 38.5 Å². The van der Waals surface area contributed by atoms with E-state index < -0.39 is 5.97 Å². The molecule has 1 amide bonds. The van der Waals surface area contributed by atoms with E-state index >= 15 is 0 Å². The minimum absolute atomic E-state index is 0.123. The standard InChI is InChI=1S/C17H17BrN4O4S2/c1-4-22-14(11-5-6-12(18)26-11)20-21-17(22)27-8-13(23)19-15-10(16(24)25-3)7-9(2)28-15/h5-7H,4,8H2,1-3H3,(H,19,23). The Morgan fingerprint density at radius 3 is 2.82 bits per heavy atom. The van der Waals surface area contributed by atoms with Gasteiger partial charge >= 0.3 is 5.97 Å².